The van der Waals surface area contributed by atoms with E-state index in [1.54, 1.807) is 6.20 Å². The highest BCUT2D eigenvalue weighted by Gasteiger charge is 2.27. The molecule has 17 heavy (non-hydrogen) atoms. The lowest BCUT2D eigenvalue weighted by Crippen LogP contribution is -2.42. The van der Waals surface area contributed by atoms with Gasteiger partial charge in [0, 0.05) is 13.1 Å². The van der Waals surface area contributed by atoms with Crippen molar-refractivity contribution >= 4 is 11.7 Å². The number of hydrogen-bond acceptors (Lipinski definition) is 5. The zero-order chi connectivity index (χ0) is 12.5. The first-order chi connectivity index (χ1) is 7.98. The molecule has 2 rings (SSSR count). The number of hydrogen-bond donors (Lipinski definition) is 3. The van der Waals surface area contributed by atoms with Gasteiger partial charge in [0.15, 0.2) is 0 Å². The molecule has 0 bridgehead atoms. The highest BCUT2D eigenvalue weighted by molar-refractivity contribution is 5.92. The van der Waals surface area contributed by atoms with Gasteiger partial charge in [0.05, 0.1) is 18.0 Å². The standard InChI is InChI=1S/C11H17N5O/c1-11(17)2-4-16(5-3-11)9-7-14-8(6-15-9)10(12)13/h6-7,17H,2-5H2,1H3,(H3,12,13). The van der Waals surface area contributed by atoms with Gasteiger partial charge in [-0.25, -0.2) is 9.97 Å². The van der Waals surface area contributed by atoms with Crippen LogP contribution in [0.2, 0.25) is 0 Å². The third-order valence-corrected chi connectivity index (χ3v) is 3.08. The first-order valence-electron chi connectivity index (χ1n) is 5.62. The van der Waals surface area contributed by atoms with Gasteiger partial charge in [-0.1, -0.05) is 0 Å². The molecule has 0 saturated carbocycles. The minimum absolute atomic E-state index is 0.0781. The maximum Gasteiger partial charge on any atom is 0.147 e. The average Bonchev–Trinajstić information content (AvgIpc) is 2.29. The number of aliphatic hydroxyl groups is 1. The molecule has 1 aliphatic rings. The van der Waals surface area contributed by atoms with E-state index in [-0.39, 0.29) is 5.84 Å². The third-order valence-electron chi connectivity index (χ3n) is 3.08. The molecule has 0 radical (unpaired) electrons. The van der Waals surface area contributed by atoms with Crippen molar-refractivity contribution < 1.29 is 5.11 Å². The first kappa shape index (κ1) is 11.8. The molecule has 0 unspecified atom stereocenters. The van der Waals surface area contributed by atoms with Crippen LogP contribution in [0.1, 0.15) is 25.5 Å². The smallest absolute Gasteiger partial charge is 0.147 e. The third kappa shape index (κ3) is 2.71. The van der Waals surface area contributed by atoms with Crippen molar-refractivity contribution in [1.82, 2.24) is 9.97 Å². The number of rotatable bonds is 2. The van der Waals surface area contributed by atoms with E-state index in [0.717, 1.165) is 31.7 Å². The van der Waals surface area contributed by atoms with Crippen LogP contribution in [0.15, 0.2) is 12.4 Å². The van der Waals surface area contributed by atoms with Gasteiger partial charge in [0.1, 0.15) is 17.3 Å². The Labute approximate surface area is 100.0 Å². The van der Waals surface area contributed by atoms with Crippen molar-refractivity contribution in [3.05, 3.63) is 18.1 Å². The van der Waals surface area contributed by atoms with Gasteiger partial charge in [-0.15, -0.1) is 0 Å². The SMILES string of the molecule is CC1(O)CCN(c2cnc(C(=N)N)cn2)CC1. The molecule has 2 heterocycles. The van der Waals surface area contributed by atoms with Gasteiger partial charge in [-0.2, -0.15) is 0 Å². The van der Waals surface area contributed by atoms with Crippen molar-refractivity contribution in [1.29, 1.82) is 5.41 Å². The topological polar surface area (TPSA) is 99.1 Å². The number of piperidine rings is 1. The van der Waals surface area contributed by atoms with E-state index in [2.05, 4.69) is 14.9 Å². The molecule has 1 aromatic rings. The summed E-state index contributed by atoms with van der Waals surface area (Å²) < 4.78 is 0. The summed E-state index contributed by atoms with van der Waals surface area (Å²) in [7, 11) is 0. The van der Waals surface area contributed by atoms with Crippen molar-refractivity contribution in [2.24, 2.45) is 5.73 Å². The van der Waals surface area contributed by atoms with Crippen LogP contribution in [-0.2, 0) is 0 Å². The number of amidine groups is 1. The lowest BCUT2D eigenvalue weighted by Gasteiger charge is -2.36. The molecular weight excluding hydrogens is 218 g/mol. The largest absolute Gasteiger partial charge is 0.390 e. The van der Waals surface area contributed by atoms with Crippen LogP contribution in [0.25, 0.3) is 0 Å². The highest BCUT2D eigenvalue weighted by Crippen LogP contribution is 2.23. The van der Waals surface area contributed by atoms with Crippen LogP contribution < -0.4 is 10.6 Å². The van der Waals surface area contributed by atoms with Crippen molar-refractivity contribution in [2.75, 3.05) is 18.0 Å². The number of nitrogens with zero attached hydrogens (tertiary/aromatic N) is 3. The number of nitrogens with one attached hydrogen (secondary N) is 1. The monoisotopic (exact) mass is 235 g/mol. The van der Waals surface area contributed by atoms with E-state index in [4.69, 9.17) is 11.1 Å². The highest BCUT2D eigenvalue weighted by atomic mass is 16.3. The Kier molecular flexibility index (Phi) is 2.97. The zero-order valence-electron chi connectivity index (χ0n) is 9.85. The molecule has 1 saturated heterocycles. The maximum absolute atomic E-state index is 9.85. The van der Waals surface area contributed by atoms with Gasteiger partial charge in [-0.05, 0) is 19.8 Å². The van der Waals surface area contributed by atoms with E-state index in [1.807, 2.05) is 6.92 Å². The summed E-state index contributed by atoms with van der Waals surface area (Å²) in [6, 6.07) is 0. The summed E-state index contributed by atoms with van der Waals surface area (Å²) in [5, 5.41) is 17.1. The predicted molar refractivity (Wildman–Crippen MR) is 65.1 cm³/mol. The fraction of sp³-hybridized carbons (Fsp3) is 0.545. The van der Waals surface area contributed by atoms with E-state index in [1.165, 1.54) is 6.20 Å². The molecule has 0 aromatic carbocycles. The van der Waals surface area contributed by atoms with Crippen LogP contribution >= 0.6 is 0 Å². The first-order valence-corrected chi connectivity index (χ1v) is 5.62. The molecule has 0 atom stereocenters. The summed E-state index contributed by atoms with van der Waals surface area (Å²) in [6.07, 6.45) is 4.58. The number of nitrogens with two attached hydrogens (primary N) is 1. The molecule has 0 amide bonds. The van der Waals surface area contributed by atoms with Crippen LogP contribution in [0.4, 0.5) is 5.82 Å². The molecule has 0 aliphatic carbocycles. The Bertz CT molecular complexity index is 404. The molecular formula is C11H17N5O. The Balaban J connectivity index is 2.06. The van der Waals surface area contributed by atoms with Gasteiger partial charge < -0.3 is 15.7 Å². The van der Waals surface area contributed by atoms with Gasteiger partial charge in [-0.3, -0.25) is 5.41 Å². The number of aromatic nitrogens is 2. The minimum atomic E-state index is -0.566. The quantitative estimate of drug-likeness (QED) is 0.499. The second kappa shape index (κ2) is 4.29. The van der Waals surface area contributed by atoms with Crippen LogP contribution in [0.5, 0.6) is 0 Å². The fourth-order valence-electron chi connectivity index (χ4n) is 1.84. The van der Waals surface area contributed by atoms with Gasteiger partial charge >= 0.3 is 0 Å². The molecule has 1 aliphatic heterocycles. The average molecular weight is 235 g/mol. The van der Waals surface area contributed by atoms with E-state index in [9.17, 15) is 5.11 Å². The van der Waals surface area contributed by atoms with Gasteiger partial charge in [0.2, 0.25) is 0 Å². The van der Waals surface area contributed by atoms with Crippen molar-refractivity contribution in [3.8, 4) is 0 Å². The Morgan fingerprint density at radius 3 is 2.53 bits per heavy atom. The summed E-state index contributed by atoms with van der Waals surface area (Å²) in [5.74, 6) is 0.691. The molecule has 92 valence electrons. The fourth-order valence-corrected chi connectivity index (χ4v) is 1.84. The Morgan fingerprint density at radius 2 is 2.06 bits per heavy atom. The Hall–Kier alpha value is -1.69. The molecule has 0 spiro atoms. The second-order valence-electron chi connectivity index (χ2n) is 4.66. The Morgan fingerprint density at radius 1 is 1.41 bits per heavy atom. The number of nitrogen functional groups attached to an aromatic ring is 1. The molecule has 6 heteroatoms. The zero-order valence-corrected chi connectivity index (χ0v) is 9.85. The van der Waals surface area contributed by atoms with Crippen molar-refractivity contribution in [2.45, 2.75) is 25.4 Å². The summed E-state index contributed by atoms with van der Waals surface area (Å²) >= 11 is 0. The lowest BCUT2D eigenvalue weighted by molar-refractivity contribution is 0.0350. The lowest BCUT2D eigenvalue weighted by atomic mass is 9.94. The maximum atomic E-state index is 9.85. The minimum Gasteiger partial charge on any atom is -0.390 e. The molecule has 4 N–H and O–H groups in total. The van der Waals surface area contributed by atoms with E-state index in [0.29, 0.717) is 5.69 Å². The van der Waals surface area contributed by atoms with Crippen molar-refractivity contribution in [3.63, 3.8) is 0 Å². The number of anilines is 1. The summed E-state index contributed by atoms with van der Waals surface area (Å²) in [6.45, 7) is 3.39. The summed E-state index contributed by atoms with van der Waals surface area (Å²) in [5.41, 5.74) is 5.13. The van der Waals surface area contributed by atoms with E-state index >= 15 is 0 Å². The van der Waals surface area contributed by atoms with Gasteiger partial charge in [0.25, 0.3) is 0 Å². The van der Waals surface area contributed by atoms with Crippen LogP contribution in [-0.4, -0.2) is 39.6 Å². The predicted octanol–water partition coefficient (Wildman–Crippen LogP) is 0.112. The van der Waals surface area contributed by atoms with E-state index < -0.39 is 5.60 Å². The normalized spacial score (nSPS) is 19.1. The summed E-state index contributed by atoms with van der Waals surface area (Å²) in [4.78, 5) is 10.4. The molecule has 6 nitrogen and oxygen atoms in total. The second-order valence-corrected chi connectivity index (χ2v) is 4.66. The van der Waals surface area contributed by atoms with Crippen LogP contribution in [0.3, 0.4) is 0 Å². The van der Waals surface area contributed by atoms with Crippen LogP contribution in [0, 0.1) is 5.41 Å². The molecule has 1 aromatic heterocycles. The molecule has 1 fully saturated rings.